The fourth-order valence-electron chi connectivity index (χ4n) is 0.829. The van der Waals surface area contributed by atoms with Crippen molar-refractivity contribution >= 4 is 0 Å². The summed E-state index contributed by atoms with van der Waals surface area (Å²) in [6.07, 6.45) is -2.50. The van der Waals surface area contributed by atoms with Gasteiger partial charge in [0, 0.05) is 11.5 Å². The molecule has 1 aromatic heterocycles. The van der Waals surface area contributed by atoms with Gasteiger partial charge in [0.15, 0.2) is 6.61 Å². The number of hydrogen-bond donors (Lipinski definition) is 0. The molecular weight excluding hydrogens is 192 g/mol. The Balaban J connectivity index is 2.60. The third kappa shape index (κ3) is 2.97. The third-order valence-corrected chi connectivity index (χ3v) is 1.58. The maximum Gasteiger partial charge on any atom is 0.272 e. The van der Waals surface area contributed by atoms with E-state index in [2.05, 4.69) is 9.89 Å². The molecule has 0 fully saturated rings. The van der Waals surface area contributed by atoms with Crippen molar-refractivity contribution in [3.8, 4) is 5.88 Å². The van der Waals surface area contributed by atoms with Crippen LogP contribution in [0.15, 0.2) is 10.6 Å². The molecule has 0 spiro atoms. The summed E-state index contributed by atoms with van der Waals surface area (Å²) in [5.74, 6) is 0.719. The molecule has 0 aliphatic rings. The highest BCUT2D eigenvalue weighted by atomic mass is 19.3. The van der Waals surface area contributed by atoms with Crippen LogP contribution in [-0.2, 0) is 5.41 Å². The second-order valence-electron chi connectivity index (χ2n) is 3.98. The van der Waals surface area contributed by atoms with Crippen molar-refractivity contribution in [2.24, 2.45) is 0 Å². The molecule has 0 amide bonds. The van der Waals surface area contributed by atoms with E-state index < -0.39 is 13.0 Å². The van der Waals surface area contributed by atoms with Crippen molar-refractivity contribution in [1.82, 2.24) is 5.16 Å². The van der Waals surface area contributed by atoms with Crippen molar-refractivity contribution in [3.05, 3.63) is 11.8 Å². The molecule has 0 unspecified atom stereocenters. The SMILES string of the molecule is CC(C)(C)c1cc(OCC(F)F)no1. The van der Waals surface area contributed by atoms with E-state index in [1.807, 2.05) is 20.8 Å². The summed E-state index contributed by atoms with van der Waals surface area (Å²) in [7, 11) is 0. The first-order valence-electron chi connectivity index (χ1n) is 4.28. The number of hydrogen-bond acceptors (Lipinski definition) is 3. The Morgan fingerprint density at radius 1 is 1.50 bits per heavy atom. The van der Waals surface area contributed by atoms with Crippen molar-refractivity contribution in [2.45, 2.75) is 32.6 Å². The molecule has 0 atom stereocenters. The van der Waals surface area contributed by atoms with E-state index in [0.29, 0.717) is 5.76 Å². The van der Waals surface area contributed by atoms with Gasteiger partial charge >= 0.3 is 0 Å². The highest BCUT2D eigenvalue weighted by Gasteiger charge is 2.20. The van der Waals surface area contributed by atoms with Gasteiger partial charge in [-0.1, -0.05) is 20.8 Å². The first kappa shape index (κ1) is 10.9. The van der Waals surface area contributed by atoms with Gasteiger partial charge in [0.05, 0.1) is 0 Å². The van der Waals surface area contributed by atoms with Crippen LogP contribution in [0.4, 0.5) is 8.78 Å². The maximum atomic E-state index is 11.8. The molecule has 0 N–H and O–H groups in total. The minimum absolute atomic E-state index is 0.107. The predicted octanol–water partition coefficient (Wildman–Crippen LogP) is 2.62. The highest BCUT2D eigenvalue weighted by molar-refractivity contribution is 5.16. The van der Waals surface area contributed by atoms with Crippen molar-refractivity contribution in [1.29, 1.82) is 0 Å². The number of aromatic nitrogens is 1. The molecule has 1 rings (SSSR count). The van der Waals surface area contributed by atoms with Gasteiger partial charge in [-0.25, -0.2) is 8.78 Å². The van der Waals surface area contributed by atoms with Crippen LogP contribution in [0.25, 0.3) is 0 Å². The summed E-state index contributed by atoms with van der Waals surface area (Å²) in [5, 5.41) is 3.52. The van der Waals surface area contributed by atoms with Gasteiger partial charge in [-0.05, 0) is 5.16 Å². The summed E-state index contributed by atoms with van der Waals surface area (Å²) in [4.78, 5) is 0. The minimum atomic E-state index is -2.50. The molecule has 0 bridgehead atoms. The summed E-state index contributed by atoms with van der Waals surface area (Å²) in [6.45, 7) is 5.15. The van der Waals surface area contributed by atoms with E-state index >= 15 is 0 Å². The monoisotopic (exact) mass is 205 g/mol. The van der Waals surface area contributed by atoms with Gasteiger partial charge in [-0.15, -0.1) is 0 Å². The van der Waals surface area contributed by atoms with Crippen molar-refractivity contribution < 1.29 is 18.0 Å². The largest absolute Gasteiger partial charge is 0.469 e. The molecule has 0 saturated carbocycles. The van der Waals surface area contributed by atoms with Gasteiger partial charge in [0.25, 0.3) is 12.3 Å². The average Bonchev–Trinajstić information content (AvgIpc) is 2.47. The molecule has 80 valence electrons. The van der Waals surface area contributed by atoms with Crippen LogP contribution in [-0.4, -0.2) is 18.2 Å². The normalized spacial score (nSPS) is 12.1. The Hall–Kier alpha value is -1.13. The average molecular weight is 205 g/mol. The van der Waals surface area contributed by atoms with E-state index in [1.165, 1.54) is 6.07 Å². The lowest BCUT2D eigenvalue weighted by Crippen LogP contribution is -2.09. The Labute approximate surface area is 81.0 Å². The molecule has 14 heavy (non-hydrogen) atoms. The van der Waals surface area contributed by atoms with Gasteiger partial charge < -0.3 is 9.26 Å². The Morgan fingerprint density at radius 2 is 2.14 bits per heavy atom. The lowest BCUT2D eigenvalue weighted by Gasteiger charge is -2.11. The second kappa shape index (κ2) is 3.94. The summed E-state index contributed by atoms with van der Waals surface area (Å²) in [5.41, 5.74) is -0.195. The molecule has 0 radical (unpaired) electrons. The number of halogens is 2. The molecule has 3 nitrogen and oxygen atoms in total. The van der Waals surface area contributed by atoms with Crippen LogP contribution in [0.1, 0.15) is 26.5 Å². The van der Waals surface area contributed by atoms with Gasteiger partial charge in [0.1, 0.15) is 5.76 Å². The zero-order valence-electron chi connectivity index (χ0n) is 8.38. The fraction of sp³-hybridized carbons (Fsp3) is 0.667. The topological polar surface area (TPSA) is 35.3 Å². The number of rotatable bonds is 3. The standard InChI is InChI=1S/C9H13F2NO2/c1-9(2,3)6-4-8(12-14-6)13-5-7(10)11/h4,7H,5H2,1-3H3. The van der Waals surface area contributed by atoms with Crippen LogP contribution in [0.5, 0.6) is 5.88 Å². The predicted molar refractivity (Wildman–Crippen MR) is 46.7 cm³/mol. The van der Waals surface area contributed by atoms with E-state index in [1.54, 1.807) is 0 Å². The van der Waals surface area contributed by atoms with Gasteiger partial charge in [-0.2, -0.15) is 0 Å². The highest BCUT2D eigenvalue weighted by Crippen LogP contribution is 2.25. The molecule has 5 heteroatoms. The van der Waals surface area contributed by atoms with Crippen LogP contribution >= 0.6 is 0 Å². The lowest BCUT2D eigenvalue weighted by molar-refractivity contribution is 0.0775. The first-order valence-corrected chi connectivity index (χ1v) is 4.28. The Bertz CT molecular complexity index is 291. The first-order chi connectivity index (χ1) is 6.39. The summed E-state index contributed by atoms with van der Waals surface area (Å²) >= 11 is 0. The van der Waals surface area contributed by atoms with E-state index in [0.717, 1.165) is 0 Å². The Morgan fingerprint density at radius 3 is 2.57 bits per heavy atom. The maximum absolute atomic E-state index is 11.8. The van der Waals surface area contributed by atoms with Crippen molar-refractivity contribution in [3.63, 3.8) is 0 Å². The van der Waals surface area contributed by atoms with Crippen LogP contribution < -0.4 is 4.74 Å². The van der Waals surface area contributed by atoms with Gasteiger partial charge in [0.2, 0.25) is 0 Å². The number of alkyl halides is 2. The number of ether oxygens (including phenoxy) is 1. The zero-order valence-corrected chi connectivity index (χ0v) is 8.38. The van der Waals surface area contributed by atoms with Crippen LogP contribution in [0.3, 0.4) is 0 Å². The molecule has 0 aromatic carbocycles. The second-order valence-corrected chi connectivity index (χ2v) is 3.98. The van der Waals surface area contributed by atoms with Crippen LogP contribution in [0.2, 0.25) is 0 Å². The number of nitrogens with zero attached hydrogens (tertiary/aromatic N) is 1. The summed E-state index contributed by atoms with van der Waals surface area (Å²) < 4.78 is 33.2. The summed E-state index contributed by atoms with van der Waals surface area (Å²) in [6, 6.07) is 1.53. The quantitative estimate of drug-likeness (QED) is 0.760. The molecule has 1 heterocycles. The third-order valence-electron chi connectivity index (χ3n) is 1.58. The molecule has 1 aromatic rings. The molecule has 0 aliphatic carbocycles. The fourth-order valence-corrected chi connectivity index (χ4v) is 0.829. The molecular formula is C9H13F2NO2. The van der Waals surface area contributed by atoms with E-state index in [4.69, 9.17) is 4.52 Å². The Kier molecular flexibility index (Phi) is 3.08. The molecule has 0 aliphatic heterocycles. The lowest BCUT2D eigenvalue weighted by atomic mass is 9.94. The van der Waals surface area contributed by atoms with Crippen molar-refractivity contribution in [2.75, 3.05) is 6.61 Å². The van der Waals surface area contributed by atoms with E-state index in [-0.39, 0.29) is 11.3 Å². The molecule has 0 saturated heterocycles. The minimum Gasteiger partial charge on any atom is -0.469 e. The van der Waals surface area contributed by atoms with Gasteiger partial charge in [-0.3, -0.25) is 0 Å². The van der Waals surface area contributed by atoms with E-state index in [9.17, 15) is 8.78 Å². The smallest absolute Gasteiger partial charge is 0.272 e. The van der Waals surface area contributed by atoms with Crippen LogP contribution in [0, 0.1) is 0 Å². The zero-order chi connectivity index (χ0) is 10.8.